The minimum Gasteiger partial charge on any atom is -0.192 e. The molecule has 64 valence electrons. The Hall–Kier alpha value is -1.81. The third-order valence-corrected chi connectivity index (χ3v) is 1.82. The van der Waals surface area contributed by atoms with Gasteiger partial charge in [0.2, 0.25) is 0 Å². The molecular formula is C12H11N. The molecule has 13 heavy (non-hydrogen) atoms. The molecule has 0 aliphatic carbocycles. The van der Waals surface area contributed by atoms with Crippen LogP contribution >= 0.6 is 0 Å². The van der Waals surface area contributed by atoms with Crippen molar-refractivity contribution >= 4 is 5.57 Å². The highest BCUT2D eigenvalue weighted by atomic mass is 14.2. The molecule has 0 heterocycles. The monoisotopic (exact) mass is 169 g/mol. The van der Waals surface area contributed by atoms with Gasteiger partial charge in [-0.15, -0.1) is 6.58 Å². The van der Waals surface area contributed by atoms with Gasteiger partial charge in [0, 0.05) is 0 Å². The van der Waals surface area contributed by atoms with Crippen LogP contribution in [0.1, 0.15) is 17.5 Å². The van der Waals surface area contributed by atoms with Crippen LogP contribution in [-0.2, 0) is 0 Å². The molecule has 0 unspecified atom stereocenters. The summed E-state index contributed by atoms with van der Waals surface area (Å²) >= 11 is 0. The molecule has 0 bridgehead atoms. The van der Waals surface area contributed by atoms with Gasteiger partial charge in [-0.3, -0.25) is 0 Å². The summed E-state index contributed by atoms with van der Waals surface area (Å²) in [4.78, 5) is 0. The molecule has 0 aliphatic rings. The summed E-state index contributed by atoms with van der Waals surface area (Å²) in [7, 11) is 0. The molecule has 0 saturated heterocycles. The molecule has 0 N–H and O–H groups in total. The van der Waals surface area contributed by atoms with Crippen LogP contribution in [-0.4, -0.2) is 0 Å². The first kappa shape index (κ1) is 9.28. The van der Waals surface area contributed by atoms with Gasteiger partial charge in [0.05, 0.1) is 11.6 Å². The van der Waals surface area contributed by atoms with Crippen molar-refractivity contribution in [3.8, 4) is 6.07 Å². The summed E-state index contributed by atoms with van der Waals surface area (Å²) in [5.74, 6) is 0. The maximum atomic E-state index is 8.82. The van der Waals surface area contributed by atoms with Gasteiger partial charge in [-0.2, -0.15) is 5.26 Å². The number of rotatable bonds is 3. The van der Waals surface area contributed by atoms with Crippen molar-refractivity contribution in [2.45, 2.75) is 6.42 Å². The van der Waals surface area contributed by atoms with Crippen LogP contribution in [0.5, 0.6) is 0 Å². The highest BCUT2D eigenvalue weighted by Crippen LogP contribution is 2.19. The number of hydrogen-bond donors (Lipinski definition) is 0. The first-order chi connectivity index (χ1) is 6.29. The highest BCUT2D eigenvalue weighted by molar-refractivity contribution is 5.69. The molecule has 1 nitrogen and oxygen atoms in total. The normalized spacial score (nSPS) is 8.85. The van der Waals surface area contributed by atoms with Crippen LogP contribution < -0.4 is 0 Å². The Labute approximate surface area is 78.6 Å². The largest absolute Gasteiger partial charge is 0.192 e. The van der Waals surface area contributed by atoms with Crippen LogP contribution in [0.4, 0.5) is 0 Å². The smallest absolute Gasteiger partial charge is 0.0998 e. The summed E-state index contributed by atoms with van der Waals surface area (Å²) < 4.78 is 0. The Balaban J connectivity index is 3.07. The van der Waals surface area contributed by atoms with Gasteiger partial charge < -0.3 is 0 Å². The fraction of sp³-hybridized carbons (Fsp3) is 0.0833. The molecule has 0 aliphatic heterocycles. The van der Waals surface area contributed by atoms with Crippen molar-refractivity contribution in [1.82, 2.24) is 0 Å². The summed E-state index contributed by atoms with van der Waals surface area (Å²) in [6.07, 6.45) is 2.51. The predicted octanol–water partition coefficient (Wildman–Crippen LogP) is 3.15. The Morgan fingerprint density at radius 1 is 1.46 bits per heavy atom. The third-order valence-electron chi connectivity index (χ3n) is 1.82. The van der Waals surface area contributed by atoms with Crippen molar-refractivity contribution in [2.24, 2.45) is 0 Å². The van der Waals surface area contributed by atoms with Gasteiger partial charge >= 0.3 is 0 Å². The van der Waals surface area contributed by atoms with E-state index >= 15 is 0 Å². The fourth-order valence-electron chi connectivity index (χ4n) is 1.17. The average Bonchev–Trinajstić information content (AvgIpc) is 2.18. The lowest BCUT2D eigenvalue weighted by atomic mass is 9.99. The molecule has 1 aromatic rings. The highest BCUT2D eigenvalue weighted by Gasteiger charge is 2.02. The summed E-state index contributed by atoms with van der Waals surface area (Å²) in [5, 5.41) is 8.82. The van der Waals surface area contributed by atoms with Gasteiger partial charge in [0.15, 0.2) is 0 Å². The van der Waals surface area contributed by atoms with E-state index in [1.165, 1.54) is 0 Å². The predicted molar refractivity (Wildman–Crippen MR) is 55.0 cm³/mol. The van der Waals surface area contributed by atoms with Crippen molar-refractivity contribution < 1.29 is 0 Å². The van der Waals surface area contributed by atoms with E-state index in [1.54, 1.807) is 12.1 Å². The SMILES string of the molecule is C=CCC(=C)c1ccccc1C#N. The zero-order valence-corrected chi connectivity index (χ0v) is 7.46. The third kappa shape index (κ3) is 2.07. The molecule has 0 fully saturated rings. The molecule has 0 spiro atoms. The minimum atomic E-state index is 0.675. The van der Waals surface area contributed by atoms with Gasteiger partial charge in [0.1, 0.15) is 0 Å². The van der Waals surface area contributed by atoms with E-state index in [0.29, 0.717) is 5.56 Å². The quantitative estimate of drug-likeness (QED) is 0.637. The molecular weight excluding hydrogens is 158 g/mol. The van der Waals surface area contributed by atoms with E-state index in [4.69, 9.17) is 5.26 Å². The Bertz CT molecular complexity index is 369. The zero-order chi connectivity index (χ0) is 9.68. The van der Waals surface area contributed by atoms with Crippen LogP contribution in [0, 0.1) is 11.3 Å². The lowest BCUT2D eigenvalue weighted by molar-refractivity contribution is 1.38. The second-order valence-electron chi connectivity index (χ2n) is 2.75. The van der Waals surface area contributed by atoms with Crippen molar-refractivity contribution in [1.29, 1.82) is 5.26 Å². The molecule has 0 aromatic heterocycles. The Kier molecular flexibility index (Phi) is 3.05. The lowest BCUT2D eigenvalue weighted by Crippen LogP contribution is -1.86. The number of nitriles is 1. The topological polar surface area (TPSA) is 23.8 Å². The summed E-state index contributed by atoms with van der Waals surface area (Å²) in [6.45, 7) is 7.54. The van der Waals surface area contributed by atoms with Crippen molar-refractivity contribution in [2.75, 3.05) is 0 Å². The standard InChI is InChI=1S/C12H11N/c1-3-6-10(2)12-8-5-4-7-11(12)9-13/h3-5,7-8H,1-2,6H2. The zero-order valence-electron chi connectivity index (χ0n) is 7.46. The molecule has 1 aromatic carbocycles. The van der Waals surface area contributed by atoms with Crippen LogP contribution in [0.25, 0.3) is 5.57 Å². The molecule has 1 heteroatoms. The van der Waals surface area contributed by atoms with E-state index in [-0.39, 0.29) is 0 Å². The fourth-order valence-corrected chi connectivity index (χ4v) is 1.17. The Morgan fingerprint density at radius 2 is 2.15 bits per heavy atom. The van der Waals surface area contributed by atoms with Crippen LogP contribution in [0.3, 0.4) is 0 Å². The number of allylic oxidation sites excluding steroid dienone is 2. The van der Waals surface area contributed by atoms with Crippen molar-refractivity contribution in [3.05, 3.63) is 54.6 Å². The van der Waals surface area contributed by atoms with Gasteiger partial charge in [-0.25, -0.2) is 0 Å². The van der Waals surface area contributed by atoms with Gasteiger partial charge in [0.25, 0.3) is 0 Å². The average molecular weight is 169 g/mol. The van der Waals surface area contributed by atoms with Gasteiger partial charge in [-0.05, 0) is 23.6 Å². The maximum absolute atomic E-state index is 8.82. The second kappa shape index (κ2) is 4.27. The molecule has 0 saturated carbocycles. The maximum Gasteiger partial charge on any atom is 0.0998 e. The number of hydrogen-bond acceptors (Lipinski definition) is 1. The molecule has 0 atom stereocenters. The van der Waals surface area contributed by atoms with Crippen LogP contribution in [0.2, 0.25) is 0 Å². The molecule has 1 rings (SSSR count). The van der Waals surface area contributed by atoms with E-state index in [1.807, 2.05) is 18.2 Å². The van der Waals surface area contributed by atoms with E-state index in [9.17, 15) is 0 Å². The van der Waals surface area contributed by atoms with E-state index < -0.39 is 0 Å². The van der Waals surface area contributed by atoms with Gasteiger partial charge in [-0.1, -0.05) is 30.9 Å². The van der Waals surface area contributed by atoms with E-state index in [0.717, 1.165) is 17.6 Å². The number of benzene rings is 1. The lowest BCUT2D eigenvalue weighted by Gasteiger charge is -2.04. The molecule has 0 radical (unpaired) electrons. The molecule has 0 amide bonds. The summed E-state index contributed by atoms with van der Waals surface area (Å²) in [6, 6.07) is 9.60. The van der Waals surface area contributed by atoms with E-state index in [2.05, 4.69) is 19.2 Å². The second-order valence-corrected chi connectivity index (χ2v) is 2.75. The minimum absolute atomic E-state index is 0.675. The number of nitrogens with zero attached hydrogens (tertiary/aromatic N) is 1. The van der Waals surface area contributed by atoms with Crippen molar-refractivity contribution in [3.63, 3.8) is 0 Å². The first-order valence-electron chi connectivity index (χ1n) is 4.07. The Morgan fingerprint density at radius 3 is 2.77 bits per heavy atom. The van der Waals surface area contributed by atoms with Crippen LogP contribution in [0.15, 0.2) is 43.5 Å². The summed E-state index contributed by atoms with van der Waals surface area (Å²) in [5.41, 5.74) is 2.53. The first-order valence-corrected chi connectivity index (χ1v) is 4.07.